The summed E-state index contributed by atoms with van der Waals surface area (Å²) in [7, 11) is 0. The van der Waals surface area contributed by atoms with Gasteiger partial charge in [0.2, 0.25) is 5.91 Å². The fourth-order valence-corrected chi connectivity index (χ4v) is 4.59. The van der Waals surface area contributed by atoms with Gasteiger partial charge >= 0.3 is 0 Å². The lowest BCUT2D eigenvalue weighted by Gasteiger charge is -2.32. The number of fused-ring (bicyclic) bond motifs is 2. The van der Waals surface area contributed by atoms with Crippen LogP contribution in [0.25, 0.3) is 0 Å². The molecular formula is C20H24ClN3O2S. The molecule has 5 nitrogen and oxygen atoms in total. The number of aliphatic hydroxyl groups is 1. The van der Waals surface area contributed by atoms with E-state index in [0.717, 1.165) is 17.9 Å². The molecule has 3 N–H and O–H groups in total. The van der Waals surface area contributed by atoms with Crippen LogP contribution >= 0.6 is 24.2 Å². The molecule has 2 aromatic carbocycles. The Morgan fingerprint density at radius 3 is 2.33 bits per heavy atom. The van der Waals surface area contributed by atoms with Gasteiger partial charge in [0, 0.05) is 48.3 Å². The number of hydrogen-bond donors (Lipinski definition) is 3. The van der Waals surface area contributed by atoms with Crippen molar-refractivity contribution in [1.82, 2.24) is 10.6 Å². The number of carbonyl (C=O) groups is 1. The Labute approximate surface area is 169 Å². The minimum atomic E-state index is -0.367. The van der Waals surface area contributed by atoms with Crippen molar-refractivity contribution in [2.75, 3.05) is 31.1 Å². The molecule has 1 amide bonds. The molecule has 144 valence electrons. The van der Waals surface area contributed by atoms with Crippen molar-refractivity contribution >= 4 is 41.5 Å². The Morgan fingerprint density at radius 1 is 1.11 bits per heavy atom. The molecule has 0 bridgehead atoms. The second kappa shape index (κ2) is 8.97. The molecule has 2 aliphatic heterocycles. The lowest BCUT2D eigenvalue weighted by atomic mass is 10.1. The predicted octanol–water partition coefficient (Wildman–Crippen LogP) is 2.80. The number of carbonyl (C=O) groups excluding carboxylic acids is 1. The second-order valence-corrected chi connectivity index (χ2v) is 7.81. The van der Waals surface area contributed by atoms with E-state index < -0.39 is 0 Å². The Balaban J connectivity index is 0.00000210. The number of anilines is 2. The maximum absolute atomic E-state index is 12.3. The molecule has 0 aliphatic carbocycles. The second-order valence-electron chi connectivity index (χ2n) is 6.73. The quantitative estimate of drug-likeness (QED) is 0.713. The number of para-hydroxylation sites is 2. The van der Waals surface area contributed by atoms with Crippen LogP contribution in [0.4, 0.5) is 11.4 Å². The van der Waals surface area contributed by atoms with Gasteiger partial charge in [-0.05, 0) is 24.3 Å². The van der Waals surface area contributed by atoms with E-state index >= 15 is 0 Å². The van der Waals surface area contributed by atoms with Crippen molar-refractivity contribution in [3.05, 3.63) is 48.5 Å². The summed E-state index contributed by atoms with van der Waals surface area (Å²) in [6.45, 7) is 2.52. The summed E-state index contributed by atoms with van der Waals surface area (Å²) in [5, 5.41) is 15.9. The summed E-state index contributed by atoms with van der Waals surface area (Å²) in [6.07, 6.45) is 0.0528. The first-order chi connectivity index (χ1) is 12.7. The highest BCUT2D eigenvalue weighted by molar-refractivity contribution is 7.99. The first kappa shape index (κ1) is 20.0. The number of β-amino-alcohol motifs (C(OH)–C–C–N with tert-alkyl or cyclic N) is 1. The first-order valence-corrected chi connectivity index (χ1v) is 9.83. The van der Waals surface area contributed by atoms with Crippen LogP contribution in [0.2, 0.25) is 0 Å². The zero-order chi connectivity index (χ0) is 17.9. The molecule has 4 rings (SSSR count). The van der Waals surface area contributed by atoms with Crippen LogP contribution in [0, 0.1) is 5.92 Å². The summed E-state index contributed by atoms with van der Waals surface area (Å²) in [5.74, 6) is 0.129. The van der Waals surface area contributed by atoms with Gasteiger partial charge in [-0.15, -0.1) is 12.4 Å². The van der Waals surface area contributed by atoms with E-state index in [-0.39, 0.29) is 30.3 Å². The smallest absolute Gasteiger partial charge is 0.221 e. The van der Waals surface area contributed by atoms with Crippen molar-refractivity contribution < 1.29 is 9.90 Å². The molecule has 2 atom stereocenters. The molecule has 2 aliphatic rings. The zero-order valence-corrected chi connectivity index (χ0v) is 16.6. The number of hydrogen-bond acceptors (Lipinski definition) is 5. The van der Waals surface area contributed by atoms with Crippen LogP contribution in [0.3, 0.4) is 0 Å². The first-order valence-electron chi connectivity index (χ1n) is 9.01. The number of rotatable bonds is 5. The standard InChI is InChI=1S/C20H23N3O2S.ClH/c24-17-13-21-11-14(17)12-22-20(25)9-10-23-15-5-1-3-7-18(15)26-19-8-4-2-6-16(19)23;/h1-8,14,17,21,24H,9-13H2,(H,22,25);1H. The fourth-order valence-electron chi connectivity index (χ4n) is 3.50. The highest BCUT2D eigenvalue weighted by atomic mass is 35.5. The molecule has 0 radical (unpaired) electrons. The number of aliphatic hydroxyl groups excluding tert-OH is 1. The van der Waals surface area contributed by atoms with Crippen molar-refractivity contribution in [2.24, 2.45) is 5.92 Å². The van der Waals surface area contributed by atoms with Crippen molar-refractivity contribution in [2.45, 2.75) is 22.3 Å². The molecule has 2 heterocycles. The monoisotopic (exact) mass is 405 g/mol. The minimum Gasteiger partial charge on any atom is -0.391 e. The Hall–Kier alpha value is -1.73. The molecule has 27 heavy (non-hydrogen) atoms. The van der Waals surface area contributed by atoms with E-state index in [0.29, 0.717) is 26.1 Å². The van der Waals surface area contributed by atoms with Gasteiger partial charge in [-0.1, -0.05) is 36.0 Å². The van der Waals surface area contributed by atoms with Crippen molar-refractivity contribution in [1.29, 1.82) is 0 Å². The summed E-state index contributed by atoms with van der Waals surface area (Å²) >= 11 is 1.77. The lowest BCUT2D eigenvalue weighted by molar-refractivity contribution is -0.121. The third kappa shape index (κ3) is 4.41. The topological polar surface area (TPSA) is 64.6 Å². The van der Waals surface area contributed by atoms with E-state index in [1.165, 1.54) is 9.79 Å². The average Bonchev–Trinajstić information content (AvgIpc) is 3.08. The van der Waals surface area contributed by atoms with Gasteiger partial charge in [0.15, 0.2) is 0 Å². The van der Waals surface area contributed by atoms with Crippen LogP contribution in [0.5, 0.6) is 0 Å². The van der Waals surface area contributed by atoms with Crippen LogP contribution < -0.4 is 15.5 Å². The number of halogens is 1. The van der Waals surface area contributed by atoms with E-state index in [9.17, 15) is 9.90 Å². The maximum Gasteiger partial charge on any atom is 0.221 e. The van der Waals surface area contributed by atoms with Gasteiger partial charge in [-0.3, -0.25) is 4.79 Å². The summed E-state index contributed by atoms with van der Waals surface area (Å²) in [4.78, 5) is 17.0. The highest BCUT2D eigenvalue weighted by Gasteiger charge is 2.26. The Morgan fingerprint density at radius 2 is 1.74 bits per heavy atom. The highest BCUT2D eigenvalue weighted by Crippen LogP contribution is 2.47. The van der Waals surface area contributed by atoms with Crippen LogP contribution in [-0.2, 0) is 4.79 Å². The fraction of sp³-hybridized carbons (Fsp3) is 0.350. The zero-order valence-electron chi connectivity index (χ0n) is 14.9. The van der Waals surface area contributed by atoms with E-state index in [1.807, 2.05) is 24.3 Å². The minimum absolute atomic E-state index is 0. The molecule has 1 fully saturated rings. The van der Waals surface area contributed by atoms with E-state index in [1.54, 1.807) is 11.8 Å². The van der Waals surface area contributed by atoms with Gasteiger partial charge in [-0.25, -0.2) is 0 Å². The molecule has 2 aromatic rings. The number of amides is 1. The maximum atomic E-state index is 12.3. The summed E-state index contributed by atoms with van der Waals surface area (Å²) in [5.41, 5.74) is 2.30. The normalized spacial score (nSPS) is 20.4. The number of nitrogens with one attached hydrogen (secondary N) is 2. The molecule has 2 unspecified atom stereocenters. The van der Waals surface area contributed by atoms with Gasteiger partial charge in [-0.2, -0.15) is 0 Å². The Bertz CT molecular complexity index is 759. The van der Waals surface area contributed by atoms with Crippen LogP contribution in [0.15, 0.2) is 58.3 Å². The van der Waals surface area contributed by atoms with Crippen molar-refractivity contribution in [3.63, 3.8) is 0 Å². The largest absolute Gasteiger partial charge is 0.391 e. The molecule has 0 spiro atoms. The average molecular weight is 406 g/mol. The molecule has 0 saturated carbocycles. The Kier molecular flexibility index (Phi) is 6.65. The van der Waals surface area contributed by atoms with Gasteiger partial charge < -0.3 is 20.6 Å². The van der Waals surface area contributed by atoms with Gasteiger partial charge in [0.25, 0.3) is 0 Å². The van der Waals surface area contributed by atoms with E-state index in [2.05, 4.69) is 39.8 Å². The molecular weight excluding hydrogens is 382 g/mol. The number of nitrogens with zero attached hydrogens (tertiary/aromatic N) is 1. The summed E-state index contributed by atoms with van der Waals surface area (Å²) < 4.78 is 0. The molecule has 7 heteroatoms. The third-order valence-electron chi connectivity index (χ3n) is 4.96. The SMILES string of the molecule is Cl.O=C(CCN1c2ccccc2Sc2ccccc21)NCC1CNCC1O. The number of benzene rings is 2. The van der Waals surface area contributed by atoms with Crippen LogP contribution in [-0.4, -0.2) is 43.3 Å². The van der Waals surface area contributed by atoms with Crippen molar-refractivity contribution in [3.8, 4) is 0 Å². The molecule has 1 saturated heterocycles. The van der Waals surface area contributed by atoms with Crippen LogP contribution in [0.1, 0.15) is 6.42 Å². The third-order valence-corrected chi connectivity index (χ3v) is 6.09. The van der Waals surface area contributed by atoms with E-state index in [4.69, 9.17) is 0 Å². The van der Waals surface area contributed by atoms with Gasteiger partial charge in [0.05, 0.1) is 17.5 Å². The lowest BCUT2D eigenvalue weighted by Crippen LogP contribution is -2.36. The summed E-state index contributed by atoms with van der Waals surface area (Å²) in [6, 6.07) is 16.6. The molecule has 0 aromatic heterocycles. The predicted molar refractivity (Wildman–Crippen MR) is 111 cm³/mol. The van der Waals surface area contributed by atoms with Gasteiger partial charge in [0.1, 0.15) is 0 Å².